The van der Waals surface area contributed by atoms with Crippen LogP contribution in [0, 0.1) is 5.41 Å². The van der Waals surface area contributed by atoms with Crippen LogP contribution in [-0.2, 0) is 0 Å². The van der Waals surface area contributed by atoms with Crippen LogP contribution in [-0.4, -0.2) is 72.0 Å². The van der Waals surface area contributed by atoms with Crippen molar-refractivity contribution in [1.82, 2.24) is 9.80 Å². The van der Waals surface area contributed by atoms with Crippen LogP contribution >= 0.6 is 0 Å². The van der Waals surface area contributed by atoms with Crippen molar-refractivity contribution < 1.29 is 10.2 Å². The van der Waals surface area contributed by atoms with Gasteiger partial charge in [-0.05, 0) is 26.1 Å². The molecular formula is C13H28N2O2. The quantitative estimate of drug-likeness (QED) is 0.680. The Hall–Kier alpha value is -0.160. The molecule has 1 rings (SSSR count). The molecule has 1 aliphatic rings. The smallest absolute Gasteiger partial charge is 0.0519 e. The summed E-state index contributed by atoms with van der Waals surface area (Å²) < 4.78 is 0. The Labute approximate surface area is 105 Å². The van der Waals surface area contributed by atoms with Gasteiger partial charge in [-0.2, -0.15) is 0 Å². The van der Waals surface area contributed by atoms with Crippen LogP contribution in [0.25, 0.3) is 0 Å². The lowest BCUT2D eigenvalue weighted by Gasteiger charge is -2.31. The Balaban J connectivity index is 2.45. The van der Waals surface area contributed by atoms with Gasteiger partial charge in [-0.3, -0.25) is 4.90 Å². The molecule has 0 radical (unpaired) electrons. The molecule has 17 heavy (non-hydrogen) atoms. The Kier molecular flexibility index (Phi) is 5.86. The number of hydrogen-bond acceptors (Lipinski definition) is 4. The maximum atomic E-state index is 9.32. The highest BCUT2D eigenvalue weighted by Crippen LogP contribution is 2.22. The standard InChI is InChI=1S/C13H28N2O2/c1-4-15(5-2)12-6-7-14(8-12)9-13(3,10-16)11-17/h12,16-17H,4-11H2,1-3H3. The number of nitrogens with zero attached hydrogens (tertiary/aromatic N) is 2. The molecule has 0 amide bonds. The Morgan fingerprint density at radius 2 is 1.82 bits per heavy atom. The number of likely N-dealkylation sites (tertiary alicyclic amines) is 1. The van der Waals surface area contributed by atoms with Gasteiger partial charge in [-0.15, -0.1) is 0 Å². The molecule has 1 saturated heterocycles. The largest absolute Gasteiger partial charge is 0.396 e. The van der Waals surface area contributed by atoms with E-state index >= 15 is 0 Å². The maximum Gasteiger partial charge on any atom is 0.0519 e. The lowest BCUT2D eigenvalue weighted by molar-refractivity contribution is 0.0394. The fourth-order valence-corrected chi connectivity index (χ4v) is 2.68. The van der Waals surface area contributed by atoms with Crippen molar-refractivity contribution in [3.63, 3.8) is 0 Å². The van der Waals surface area contributed by atoms with Crippen molar-refractivity contribution in [3.05, 3.63) is 0 Å². The van der Waals surface area contributed by atoms with Crippen LogP contribution in [0.5, 0.6) is 0 Å². The molecule has 4 heteroatoms. The van der Waals surface area contributed by atoms with E-state index in [1.165, 1.54) is 6.42 Å². The van der Waals surface area contributed by atoms with Crippen molar-refractivity contribution >= 4 is 0 Å². The predicted octanol–water partition coefficient (Wildman–Crippen LogP) is 0.393. The molecule has 1 aliphatic heterocycles. The third-order valence-corrected chi connectivity index (χ3v) is 3.95. The minimum absolute atomic E-state index is 0.0515. The number of hydrogen-bond donors (Lipinski definition) is 2. The minimum atomic E-state index is -0.363. The summed E-state index contributed by atoms with van der Waals surface area (Å²) in [5.74, 6) is 0. The molecule has 1 atom stereocenters. The van der Waals surface area contributed by atoms with Crippen molar-refractivity contribution in [3.8, 4) is 0 Å². The second-order valence-corrected chi connectivity index (χ2v) is 5.53. The van der Waals surface area contributed by atoms with E-state index in [1.54, 1.807) is 0 Å². The summed E-state index contributed by atoms with van der Waals surface area (Å²) in [6.07, 6.45) is 1.20. The van der Waals surface area contributed by atoms with E-state index in [-0.39, 0.29) is 18.6 Å². The molecule has 0 aromatic carbocycles. The summed E-state index contributed by atoms with van der Waals surface area (Å²) in [5.41, 5.74) is -0.363. The highest BCUT2D eigenvalue weighted by molar-refractivity contribution is 4.86. The first kappa shape index (κ1) is 14.9. The van der Waals surface area contributed by atoms with E-state index < -0.39 is 0 Å². The van der Waals surface area contributed by atoms with Gasteiger partial charge in [-0.25, -0.2) is 0 Å². The van der Waals surface area contributed by atoms with Gasteiger partial charge in [0.05, 0.1) is 13.2 Å². The molecule has 1 fully saturated rings. The fraction of sp³-hybridized carbons (Fsp3) is 1.00. The van der Waals surface area contributed by atoms with Crippen LogP contribution in [0.2, 0.25) is 0 Å². The second-order valence-electron chi connectivity index (χ2n) is 5.53. The number of aliphatic hydroxyl groups excluding tert-OH is 2. The molecule has 1 unspecified atom stereocenters. The van der Waals surface area contributed by atoms with Gasteiger partial charge in [0.15, 0.2) is 0 Å². The third kappa shape index (κ3) is 3.91. The van der Waals surface area contributed by atoms with Gasteiger partial charge in [0.1, 0.15) is 0 Å². The van der Waals surface area contributed by atoms with Crippen molar-refractivity contribution in [2.24, 2.45) is 5.41 Å². The lowest BCUT2D eigenvalue weighted by Crippen LogP contribution is -2.42. The topological polar surface area (TPSA) is 46.9 Å². The predicted molar refractivity (Wildman–Crippen MR) is 70.0 cm³/mol. The molecule has 1 heterocycles. The molecule has 0 aromatic heterocycles. The normalized spacial score (nSPS) is 22.6. The zero-order chi connectivity index (χ0) is 12.9. The van der Waals surface area contributed by atoms with Crippen LogP contribution in [0.15, 0.2) is 0 Å². The molecule has 102 valence electrons. The van der Waals surface area contributed by atoms with Gasteiger partial charge in [0, 0.05) is 24.5 Å². The number of likely N-dealkylation sites (N-methyl/N-ethyl adjacent to an activating group) is 1. The summed E-state index contributed by atoms with van der Waals surface area (Å²) in [7, 11) is 0. The van der Waals surface area contributed by atoms with Crippen LogP contribution in [0.1, 0.15) is 27.2 Å². The Morgan fingerprint density at radius 3 is 2.29 bits per heavy atom. The number of rotatable bonds is 7. The van der Waals surface area contributed by atoms with Gasteiger partial charge in [-0.1, -0.05) is 20.8 Å². The van der Waals surface area contributed by atoms with E-state index in [2.05, 4.69) is 23.6 Å². The SMILES string of the molecule is CCN(CC)C1CCN(CC(C)(CO)CO)C1. The zero-order valence-corrected chi connectivity index (χ0v) is 11.5. The lowest BCUT2D eigenvalue weighted by atomic mass is 9.92. The van der Waals surface area contributed by atoms with E-state index in [0.29, 0.717) is 6.04 Å². The maximum absolute atomic E-state index is 9.32. The summed E-state index contributed by atoms with van der Waals surface area (Å²) >= 11 is 0. The van der Waals surface area contributed by atoms with Gasteiger partial charge in [0.25, 0.3) is 0 Å². The van der Waals surface area contributed by atoms with E-state index in [4.69, 9.17) is 0 Å². The molecule has 0 aliphatic carbocycles. The van der Waals surface area contributed by atoms with Crippen LogP contribution < -0.4 is 0 Å². The molecule has 2 N–H and O–H groups in total. The molecular weight excluding hydrogens is 216 g/mol. The first-order chi connectivity index (χ1) is 8.08. The van der Waals surface area contributed by atoms with Crippen molar-refractivity contribution in [1.29, 1.82) is 0 Å². The number of aliphatic hydroxyl groups is 2. The first-order valence-corrected chi connectivity index (χ1v) is 6.76. The van der Waals surface area contributed by atoms with Crippen LogP contribution in [0.4, 0.5) is 0 Å². The van der Waals surface area contributed by atoms with E-state index in [1.807, 2.05) is 6.92 Å². The molecule has 0 aromatic rings. The average molecular weight is 244 g/mol. The second kappa shape index (κ2) is 6.69. The van der Waals surface area contributed by atoms with Crippen molar-refractivity contribution in [2.75, 3.05) is 45.9 Å². The highest BCUT2D eigenvalue weighted by Gasteiger charge is 2.31. The molecule has 0 bridgehead atoms. The zero-order valence-electron chi connectivity index (χ0n) is 11.5. The summed E-state index contributed by atoms with van der Waals surface area (Å²) in [6, 6.07) is 0.645. The minimum Gasteiger partial charge on any atom is -0.396 e. The monoisotopic (exact) mass is 244 g/mol. The van der Waals surface area contributed by atoms with Gasteiger partial charge >= 0.3 is 0 Å². The Morgan fingerprint density at radius 1 is 1.24 bits per heavy atom. The third-order valence-electron chi connectivity index (χ3n) is 3.95. The molecule has 0 spiro atoms. The van der Waals surface area contributed by atoms with Crippen molar-refractivity contribution in [2.45, 2.75) is 33.2 Å². The Bertz CT molecular complexity index is 215. The summed E-state index contributed by atoms with van der Waals surface area (Å²) in [4.78, 5) is 4.87. The van der Waals surface area contributed by atoms with Crippen LogP contribution in [0.3, 0.4) is 0 Å². The van der Waals surface area contributed by atoms with Gasteiger partial charge in [0.2, 0.25) is 0 Å². The summed E-state index contributed by atoms with van der Waals surface area (Å²) in [5, 5.41) is 18.6. The molecule has 4 nitrogen and oxygen atoms in total. The fourth-order valence-electron chi connectivity index (χ4n) is 2.68. The van der Waals surface area contributed by atoms with E-state index in [9.17, 15) is 10.2 Å². The summed E-state index contributed by atoms with van der Waals surface area (Å²) in [6.45, 7) is 11.6. The van der Waals surface area contributed by atoms with Gasteiger partial charge < -0.3 is 15.1 Å². The molecule has 0 saturated carbocycles. The van der Waals surface area contributed by atoms with E-state index in [0.717, 1.165) is 32.7 Å². The average Bonchev–Trinajstić information content (AvgIpc) is 2.79. The highest BCUT2D eigenvalue weighted by atomic mass is 16.3. The first-order valence-electron chi connectivity index (χ1n) is 6.76.